The first-order chi connectivity index (χ1) is 16.2. The summed E-state index contributed by atoms with van der Waals surface area (Å²) in [6.07, 6.45) is 7.07. The molecule has 1 N–H and O–H groups in total. The zero-order chi connectivity index (χ0) is 22.4. The van der Waals surface area contributed by atoms with Gasteiger partial charge in [-0.2, -0.15) is 5.01 Å². The minimum absolute atomic E-state index is 0.133. The summed E-state index contributed by atoms with van der Waals surface area (Å²) in [5.41, 5.74) is 5.15. The molecule has 2 fully saturated rings. The molecule has 4 aromatic rings. The highest BCUT2D eigenvalue weighted by atomic mass is 19.1. The Morgan fingerprint density at radius 2 is 2.00 bits per heavy atom. The Hall–Kier alpha value is -3.69. The van der Waals surface area contributed by atoms with Crippen molar-refractivity contribution in [1.29, 1.82) is 0 Å². The second-order valence-corrected chi connectivity index (χ2v) is 8.14. The standard InChI is InChI=1S/C24H23FN6O2/c1-16-13-29(14-27-16)20-7-2-17(23-22(20)28-15-33-23)12-21-24-26-8-9-30(31(24)10-11-32-21)19-5-3-18(25)4-6-19/h2-7,12-15,24,26H,8-11H2,1H3. The van der Waals surface area contributed by atoms with Gasteiger partial charge in [-0.3, -0.25) is 5.32 Å². The number of aryl methyl sites for hydroxylation is 1. The zero-order valence-corrected chi connectivity index (χ0v) is 18.1. The largest absolute Gasteiger partial charge is 0.493 e. The van der Waals surface area contributed by atoms with Crippen molar-refractivity contribution in [2.75, 3.05) is 31.3 Å². The number of ether oxygens (including phenoxy) is 1. The van der Waals surface area contributed by atoms with Gasteiger partial charge in [0.15, 0.2) is 12.0 Å². The quantitative estimate of drug-likeness (QED) is 0.517. The van der Waals surface area contributed by atoms with Gasteiger partial charge in [-0.15, -0.1) is 0 Å². The van der Waals surface area contributed by atoms with Crippen molar-refractivity contribution in [2.24, 2.45) is 0 Å². The highest BCUT2D eigenvalue weighted by Gasteiger charge is 2.35. The smallest absolute Gasteiger partial charge is 0.182 e. The van der Waals surface area contributed by atoms with Gasteiger partial charge in [0.25, 0.3) is 0 Å². The van der Waals surface area contributed by atoms with Gasteiger partial charge >= 0.3 is 0 Å². The van der Waals surface area contributed by atoms with Gasteiger partial charge in [-0.05, 0) is 49.4 Å². The molecule has 168 valence electrons. The van der Waals surface area contributed by atoms with Crippen LogP contribution in [0.5, 0.6) is 0 Å². The number of nitrogens with one attached hydrogen (secondary N) is 1. The Balaban J connectivity index is 1.35. The van der Waals surface area contributed by atoms with E-state index in [1.807, 2.05) is 48.0 Å². The Kier molecular flexibility index (Phi) is 4.85. The summed E-state index contributed by atoms with van der Waals surface area (Å²) in [5, 5.41) is 7.96. The van der Waals surface area contributed by atoms with Crippen LogP contribution in [0.4, 0.5) is 10.1 Å². The molecule has 0 bridgehead atoms. The number of nitrogens with zero attached hydrogens (tertiary/aromatic N) is 5. The molecular formula is C24H23FN6O2. The molecule has 1 atom stereocenters. The minimum atomic E-state index is -0.238. The summed E-state index contributed by atoms with van der Waals surface area (Å²) < 4.78 is 27.2. The number of hydrazine groups is 1. The molecule has 9 heteroatoms. The monoisotopic (exact) mass is 446 g/mol. The van der Waals surface area contributed by atoms with Crippen LogP contribution in [0.25, 0.3) is 22.9 Å². The van der Waals surface area contributed by atoms with E-state index >= 15 is 0 Å². The van der Waals surface area contributed by atoms with Crippen LogP contribution in [0.3, 0.4) is 0 Å². The summed E-state index contributed by atoms with van der Waals surface area (Å²) in [7, 11) is 0. The average Bonchev–Trinajstić information content (AvgIpc) is 3.49. The van der Waals surface area contributed by atoms with Gasteiger partial charge in [0.2, 0.25) is 0 Å². The van der Waals surface area contributed by atoms with E-state index < -0.39 is 0 Å². The maximum absolute atomic E-state index is 13.4. The second-order valence-electron chi connectivity index (χ2n) is 8.14. The normalized spacial score (nSPS) is 20.2. The maximum atomic E-state index is 13.4. The molecule has 2 aliphatic heterocycles. The number of benzene rings is 2. The van der Waals surface area contributed by atoms with E-state index in [1.54, 1.807) is 6.33 Å². The van der Waals surface area contributed by atoms with E-state index in [0.717, 1.165) is 53.5 Å². The molecule has 8 nitrogen and oxygen atoms in total. The summed E-state index contributed by atoms with van der Waals surface area (Å²) in [6, 6.07) is 10.6. The van der Waals surface area contributed by atoms with Crippen LogP contribution >= 0.6 is 0 Å². The van der Waals surface area contributed by atoms with E-state index in [9.17, 15) is 4.39 Å². The first kappa shape index (κ1) is 20.0. The highest BCUT2D eigenvalue weighted by molar-refractivity contribution is 5.89. The van der Waals surface area contributed by atoms with Crippen LogP contribution in [0.15, 0.2) is 65.5 Å². The molecular weight excluding hydrogens is 423 g/mol. The van der Waals surface area contributed by atoms with Gasteiger partial charge < -0.3 is 18.7 Å². The van der Waals surface area contributed by atoms with Gasteiger partial charge in [-0.1, -0.05) is 0 Å². The van der Waals surface area contributed by atoms with Crippen LogP contribution in [-0.4, -0.2) is 52.0 Å². The fraction of sp³-hybridized carbons (Fsp3) is 0.250. The lowest BCUT2D eigenvalue weighted by Crippen LogP contribution is -2.65. The molecule has 0 aliphatic carbocycles. The van der Waals surface area contributed by atoms with Gasteiger partial charge in [0.1, 0.15) is 29.9 Å². The molecule has 33 heavy (non-hydrogen) atoms. The first-order valence-corrected chi connectivity index (χ1v) is 10.9. The molecule has 2 aromatic heterocycles. The van der Waals surface area contributed by atoms with E-state index in [4.69, 9.17) is 9.15 Å². The number of fused-ring (bicyclic) bond motifs is 2. The summed E-state index contributed by atoms with van der Waals surface area (Å²) >= 11 is 0. The second kappa shape index (κ2) is 8.02. The van der Waals surface area contributed by atoms with E-state index in [2.05, 4.69) is 25.3 Å². The molecule has 2 aromatic carbocycles. The van der Waals surface area contributed by atoms with Crippen LogP contribution in [0, 0.1) is 12.7 Å². The third-order valence-corrected chi connectivity index (χ3v) is 6.03. The minimum Gasteiger partial charge on any atom is -0.493 e. The predicted octanol–water partition coefficient (Wildman–Crippen LogP) is 3.49. The van der Waals surface area contributed by atoms with Crippen molar-refractivity contribution in [3.8, 4) is 5.69 Å². The third-order valence-electron chi connectivity index (χ3n) is 6.03. The van der Waals surface area contributed by atoms with Crippen molar-refractivity contribution < 1.29 is 13.5 Å². The summed E-state index contributed by atoms with van der Waals surface area (Å²) in [4.78, 5) is 8.76. The zero-order valence-electron chi connectivity index (χ0n) is 18.1. The molecule has 2 aliphatic rings. The number of rotatable bonds is 3. The van der Waals surface area contributed by atoms with Crippen molar-refractivity contribution in [1.82, 2.24) is 24.9 Å². The van der Waals surface area contributed by atoms with E-state index in [-0.39, 0.29) is 12.0 Å². The SMILES string of the molecule is Cc1cn(-c2ccc(C=C3OCCN4C3NCCN4c3ccc(F)cc3)c3ocnc23)cn1. The number of hydrogen-bond acceptors (Lipinski definition) is 7. The maximum Gasteiger partial charge on any atom is 0.182 e. The molecule has 0 saturated carbocycles. The molecule has 4 heterocycles. The topological polar surface area (TPSA) is 71.6 Å². The third kappa shape index (κ3) is 3.55. The Morgan fingerprint density at radius 3 is 2.82 bits per heavy atom. The van der Waals surface area contributed by atoms with E-state index in [1.165, 1.54) is 18.5 Å². The number of oxazole rings is 1. The van der Waals surface area contributed by atoms with Gasteiger partial charge in [-0.25, -0.2) is 14.4 Å². The van der Waals surface area contributed by atoms with Crippen molar-refractivity contribution >= 4 is 22.9 Å². The number of hydrogen-bond donors (Lipinski definition) is 1. The summed E-state index contributed by atoms with van der Waals surface area (Å²) in [5.74, 6) is 0.565. The number of imidazole rings is 1. The summed E-state index contributed by atoms with van der Waals surface area (Å²) in [6.45, 7) is 4.79. The van der Waals surface area contributed by atoms with Crippen molar-refractivity contribution in [3.05, 3.63) is 78.1 Å². The molecule has 0 radical (unpaired) electrons. The lowest BCUT2D eigenvalue weighted by Gasteiger charge is -2.48. The van der Waals surface area contributed by atoms with Crippen LogP contribution in [0.1, 0.15) is 11.3 Å². The Labute approximate surface area is 189 Å². The number of morpholine rings is 1. The van der Waals surface area contributed by atoms with Crippen LogP contribution in [0.2, 0.25) is 0 Å². The van der Waals surface area contributed by atoms with Gasteiger partial charge in [0, 0.05) is 24.8 Å². The Bertz CT molecular complexity index is 1330. The fourth-order valence-corrected chi connectivity index (χ4v) is 4.51. The fourth-order valence-electron chi connectivity index (χ4n) is 4.51. The van der Waals surface area contributed by atoms with Crippen LogP contribution in [-0.2, 0) is 4.74 Å². The first-order valence-electron chi connectivity index (χ1n) is 10.9. The molecule has 2 saturated heterocycles. The lowest BCUT2D eigenvalue weighted by molar-refractivity contribution is 0.0146. The van der Waals surface area contributed by atoms with E-state index in [0.29, 0.717) is 12.2 Å². The molecule has 6 rings (SSSR count). The van der Waals surface area contributed by atoms with Gasteiger partial charge in [0.05, 0.1) is 29.9 Å². The Morgan fingerprint density at radius 1 is 1.12 bits per heavy atom. The van der Waals surface area contributed by atoms with Crippen molar-refractivity contribution in [3.63, 3.8) is 0 Å². The highest BCUT2D eigenvalue weighted by Crippen LogP contribution is 2.30. The molecule has 0 amide bonds. The predicted molar refractivity (Wildman–Crippen MR) is 122 cm³/mol. The number of anilines is 1. The van der Waals surface area contributed by atoms with Crippen LogP contribution < -0.4 is 10.3 Å². The van der Waals surface area contributed by atoms with Crippen molar-refractivity contribution in [2.45, 2.75) is 13.1 Å². The average molecular weight is 446 g/mol. The molecule has 0 spiro atoms. The molecule has 1 unspecified atom stereocenters. The number of aromatic nitrogens is 3. The lowest BCUT2D eigenvalue weighted by atomic mass is 10.1. The number of halogens is 1.